The van der Waals surface area contributed by atoms with Crippen molar-refractivity contribution in [3.05, 3.63) is 122 Å². The first-order chi connectivity index (χ1) is 29.6. The maximum Gasteiger partial charge on any atom is 0.306 e. The third kappa shape index (κ3) is 47.0. The Bertz CT molecular complexity index is 1260. The van der Waals surface area contributed by atoms with Gasteiger partial charge in [0.25, 0.3) is 0 Å². The quantitative estimate of drug-likeness (QED) is 0.0348. The molecule has 0 heterocycles. The van der Waals surface area contributed by atoms with Gasteiger partial charge in [-0.15, -0.1) is 0 Å². The zero-order valence-corrected chi connectivity index (χ0v) is 38.7. The molecule has 5 nitrogen and oxygen atoms in total. The summed E-state index contributed by atoms with van der Waals surface area (Å²) in [6.07, 6.45) is 69.5. The molecule has 1 unspecified atom stereocenters. The predicted molar refractivity (Wildman–Crippen MR) is 260 cm³/mol. The fraction of sp³-hybridized carbons (Fsp3) is 0.600. The van der Waals surface area contributed by atoms with Crippen molar-refractivity contribution >= 4 is 11.9 Å². The summed E-state index contributed by atoms with van der Waals surface area (Å²) >= 11 is 0. The minimum atomic E-state index is -0.624. The molecule has 0 spiro atoms. The van der Waals surface area contributed by atoms with Crippen LogP contribution in [0.3, 0.4) is 0 Å². The van der Waals surface area contributed by atoms with Crippen LogP contribution >= 0.6 is 0 Å². The fourth-order valence-electron chi connectivity index (χ4n) is 5.99. The molecule has 0 aliphatic carbocycles. The minimum absolute atomic E-state index is 0.0152. The summed E-state index contributed by atoms with van der Waals surface area (Å²) in [6, 6.07) is 0. The minimum Gasteiger partial charge on any atom is -0.462 e. The lowest BCUT2D eigenvalue weighted by atomic mass is 10.1. The molecule has 1 atom stereocenters. The molecule has 0 amide bonds. The van der Waals surface area contributed by atoms with Crippen LogP contribution < -0.4 is 0 Å². The molecule has 60 heavy (non-hydrogen) atoms. The summed E-state index contributed by atoms with van der Waals surface area (Å²) in [5.41, 5.74) is 0. The largest absolute Gasteiger partial charge is 0.462 e. The van der Waals surface area contributed by atoms with Gasteiger partial charge in [-0.3, -0.25) is 9.59 Å². The molecule has 0 aromatic heterocycles. The number of ether oxygens (including phenoxy) is 3. The van der Waals surface area contributed by atoms with Crippen LogP contribution in [0.2, 0.25) is 0 Å². The monoisotopic (exact) mass is 829 g/mol. The summed E-state index contributed by atoms with van der Waals surface area (Å²) in [5.74, 6) is -0.551. The number of allylic oxidation sites excluding steroid dienone is 19. The summed E-state index contributed by atoms with van der Waals surface area (Å²) in [4.78, 5) is 25.3. The molecule has 0 aromatic rings. The molecule has 0 aromatic carbocycles. The van der Waals surface area contributed by atoms with E-state index in [0.717, 1.165) is 89.9 Å². The van der Waals surface area contributed by atoms with Crippen LogP contribution in [0.4, 0.5) is 0 Å². The second-order valence-corrected chi connectivity index (χ2v) is 15.2. The molecule has 0 saturated heterocycles. The second-order valence-electron chi connectivity index (χ2n) is 15.2. The highest BCUT2D eigenvalue weighted by Gasteiger charge is 2.17. The number of carbonyl (C=O) groups excluding carboxylic acids is 2. The van der Waals surface area contributed by atoms with Crippen LogP contribution in [-0.4, -0.2) is 37.9 Å². The zero-order chi connectivity index (χ0) is 43.5. The lowest BCUT2D eigenvalue weighted by molar-refractivity contribution is -0.162. The van der Waals surface area contributed by atoms with E-state index in [1.165, 1.54) is 57.8 Å². The Hall–Kier alpha value is -3.70. The number of hydrogen-bond donors (Lipinski definition) is 0. The van der Waals surface area contributed by atoms with E-state index in [9.17, 15) is 9.59 Å². The number of rotatable bonds is 42. The molecular formula is C55H88O5. The van der Waals surface area contributed by atoms with Crippen LogP contribution in [0.1, 0.15) is 188 Å². The van der Waals surface area contributed by atoms with E-state index >= 15 is 0 Å². The molecule has 5 heteroatoms. The lowest BCUT2D eigenvalue weighted by Gasteiger charge is -2.18. The van der Waals surface area contributed by atoms with Crippen molar-refractivity contribution in [3.63, 3.8) is 0 Å². The average Bonchev–Trinajstić information content (AvgIpc) is 3.25. The highest BCUT2D eigenvalue weighted by molar-refractivity contribution is 5.70. The van der Waals surface area contributed by atoms with Gasteiger partial charge in [-0.2, -0.15) is 0 Å². The van der Waals surface area contributed by atoms with Crippen molar-refractivity contribution in [2.24, 2.45) is 0 Å². The SMILES string of the molecule is CC/C=C\C/C=C\C/C=C\C/C=C\C/C=C\CCOCC(COC(=O)CCCCCCC/C=C\CCCCCCCC)OC(=O)CC/C=C\C/C=C\C/C=C\C/C=C\CC. The number of unbranched alkanes of at least 4 members (excludes halogenated alkanes) is 11. The van der Waals surface area contributed by atoms with Crippen LogP contribution in [-0.2, 0) is 23.8 Å². The number of esters is 2. The first kappa shape index (κ1) is 56.3. The summed E-state index contributed by atoms with van der Waals surface area (Å²) in [7, 11) is 0. The van der Waals surface area contributed by atoms with Crippen LogP contribution in [0.25, 0.3) is 0 Å². The van der Waals surface area contributed by atoms with Crippen molar-refractivity contribution < 1.29 is 23.8 Å². The van der Waals surface area contributed by atoms with Gasteiger partial charge in [0.15, 0.2) is 6.10 Å². The van der Waals surface area contributed by atoms with E-state index in [4.69, 9.17) is 14.2 Å². The molecule has 0 saturated carbocycles. The molecule has 0 radical (unpaired) electrons. The van der Waals surface area contributed by atoms with Gasteiger partial charge in [-0.05, 0) is 103 Å². The topological polar surface area (TPSA) is 61.8 Å². The maximum absolute atomic E-state index is 12.7. The van der Waals surface area contributed by atoms with E-state index in [1.54, 1.807) is 0 Å². The van der Waals surface area contributed by atoms with E-state index < -0.39 is 6.10 Å². The first-order valence-corrected chi connectivity index (χ1v) is 24.1. The first-order valence-electron chi connectivity index (χ1n) is 24.1. The highest BCUT2D eigenvalue weighted by Crippen LogP contribution is 2.11. The van der Waals surface area contributed by atoms with Crippen LogP contribution in [0.15, 0.2) is 122 Å². The van der Waals surface area contributed by atoms with Gasteiger partial charge in [0.2, 0.25) is 0 Å². The summed E-state index contributed by atoms with van der Waals surface area (Å²) < 4.78 is 17.2. The van der Waals surface area contributed by atoms with Crippen molar-refractivity contribution in [1.82, 2.24) is 0 Å². The molecular weight excluding hydrogens is 741 g/mol. The van der Waals surface area contributed by atoms with E-state index in [0.29, 0.717) is 19.4 Å². The Morgan fingerprint density at radius 3 is 1.27 bits per heavy atom. The Labute approximate surface area is 369 Å². The van der Waals surface area contributed by atoms with Crippen LogP contribution in [0, 0.1) is 0 Å². The third-order valence-electron chi connectivity index (χ3n) is 9.50. The lowest BCUT2D eigenvalue weighted by Crippen LogP contribution is -2.30. The standard InChI is InChI=1S/C55H88O5/c1-4-7-10-13-16-19-22-25-27-29-32-35-38-41-44-47-50-58-51-53(60-55(57)49-46-43-40-37-34-30-24-21-18-15-12-9-6-3)52-59-54(56)48-45-42-39-36-33-31-28-26-23-20-17-14-11-8-5-2/h7,9-10,12,16,18-19,21,25-28,30,32,34-35,40-41,43-44,53H,4-6,8,11,13-15,17,20,22-24,29,31,33,36-39,42,45-52H2,1-3H3/b10-7-,12-9-,19-16-,21-18-,27-25-,28-26-,34-30-,35-32-,43-40-,44-41-. The van der Waals surface area contributed by atoms with Crippen molar-refractivity contribution in [3.8, 4) is 0 Å². The smallest absolute Gasteiger partial charge is 0.306 e. The van der Waals surface area contributed by atoms with Gasteiger partial charge in [-0.25, -0.2) is 0 Å². The Morgan fingerprint density at radius 2 is 0.783 bits per heavy atom. The molecule has 0 bridgehead atoms. The predicted octanol–water partition coefficient (Wildman–Crippen LogP) is 16.2. The molecule has 0 fully saturated rings. The number of carbonyl (C=O) groups is 2. The third-order valence-corrected chi connectivity index (χ3v) is 9.50. The van der Waals surface area contributed by atoms with Gasteiger partial charge in [-0.1, -0.05) is 194 Å². The van der Waals surface area contributed by atoms with Crippen molar-refractivity contribution in [1.29, 1.82) is 0 Å². The van der Waals surface area contributed by atoms with E-state index in [2.05, 4.69) is 136 Å². The summed E-state index contributed by atoms with van der Waals surface area (Å²) in [5, 5.41) is 0. The normalized spacial score (nSPS) is 13.3. The van der Waals surface area contributed by atoms with Gasteiger partial charge in [0.1, 0.15) is 6.61 Å². The molecule has 0 rings (SSSR count). The van der Waals surface area contributed by atoms with Gasteiger partial charge in [0, 0.05) is 12.8 Å². The van der Waals surface area contributed by atoms with Crippen molar-refractivity contribution in [2.45, 2.75) is 194 Å². The fourth-order valence-corrected chi connectivity index (χ4v) is 5.99. The summed E-state index contributed by atoms with van der Waals surface area (Å²) in [6.45, 7) is 7.27. The second kappa shape index (κ2) is 49.7. The maximum atomic E-state index is 12.7. The Kier molecular flexibility index (Phi) is 46.6. The van der Waals surface area contributed by atoms with Gasteiger partial charge >= 0.3 is 11.9 Å². The van der Waals surface area contributed by atoms with Gasteiger partial charge in [0.05, 0.1) is 13.2 Å². The average molecular weight is 829 g/mol. The molecule has 338 valence electrons. The van der Waals surface area contributed by atoms with E-state index in [-0.39, 0.29) is 31.6 Å². The Balaban J connectivity index is 4.51. The van der Waals surface area contributed by atoms with Gasteiger partial charge < -0.3 is 14.2 Å². The highest BCUT2D eigenvalue weighted by atomic mass is 16.6. The molecule has 0 aliphatic heterocycles. The number of hydrogen-bond acceptors (Lipinski definition) is 5. The zero-order valence-electron chi connectivity index (χ0n) is 38.7. The van der Waals surface area contributed by atoms with E-state index in [1.807, 2.05) is 6.08 Å². The Morgan fingerprint density at radius 1 is 0.383 bits per heavy atom. The molecule has 0 N–H and O–H groups in total. The van der Waals surface area contributed by atoms with Crippen LogP contribution in [0.5, 0.6) is 0 Å². The molecule has 0 aliphatic rings. The van der Waals surface area contributed by atoms with Crippen molar-refractivity contribution in [2.75, 3.05) is 19.8 Å².